The second-order valence-corrected chi connectivity index (χ2v) is 8.27. The smallest absolute Gasteiger partial charge is 0.270 e. The first-order valence-electron chi connectivity index (χ1n) is 8.72. The number of non-ortho nitro benzene ring substituents is 1. The van der Waals surface area contributed by atoms with Gasteiger partial charge < -0.3 is 10.1 Å². The number of halogens is 1. The van der Waals surface area contributed by atoms with E-state index in [1.165, 1.54) is 49.6 Å². The monoisotopic (exact) mass is 461 g/mol. The lowest BCUT2D eigenvalue weighted by Crippen LogP contribution is -2.16. The molecular formula is C20H16ClN3O6S. The Morgan fingerprint density at radius 2 is 1.81 bits per heavy atom. The molecule has 0 aliphatic rings. The van der Waals surface area contributed by atoms with Crippen molar-refractivity contribution in [2.45, 2.75) is 4.90 Å². The quantitative estimate of drug-likeness (QED) is 0.398. The SMILES string of the molecule is COc1ccccc1NS(=O)(=O)c1cc(NC(=O)c2cccc([N+](=O)[O-])c2)ccc1Cl. The minimum atomic E-state index is -4.12. The summed E-state index contributed by atoms with van der Waals surface area (Å²) < 4.78 is 33.3. The Labute approximate surface area is 182 Å². The molecule has 0 bridgehead atoms. The number of nitrogens with one attached hydrogen (secondary N) is 2. The molecular weight excluding hydrogens is 446 g/mol. The van der Waals surface area contributed by atoms with E-state index in [4.69, 9.17) is 16.3 Å². The molecule has 11 heteroatoms. The van der Waals surface area contributed by atoms with Gasteiger partial charge in [-0.3, -0.25) is 19.6 Å². The van der Waals surface area contributed by atoms with E-state index in [1.54, 1.807) is 18.2 Å². The first-order valence-corrected chi connectivity index (χ1v) is 10.6. The van der Waals surface area contributed by atoms with Crippen molar-refractivity contribution in [1.29, 1.82) is 0 Å². The fraction of sp³-hybridized carbons (Fsp3) is 0.0500. The number of sulfonamides is 1. The van der Waals surface area contributed by atoms with E-state index >= 15 is 0 Å². The summed E-state index contributed by atoms with van der Waals surface area (Å²) in [7, 11) is -2.71. The van der Waals surface area contributed by atoms with Crippen LogP contribution in [-0.2, 0) is 10.0 Å². The molecule has 31 heavy (non-hydrogen) atoms. The van der Waals surface area contributed by atoms with Crippen molar-refractivity contribution in [2.75, 3.05) is 17.1 Å². The van der Waals surface area contributed by atoms with Crippen molar-refractivity contribution >= 4 is 44.6 Å². The van der Waals surface area contributed by atoms with Gasteiger partial charge in [0.15, 0.2) is 0 Å². The Bertz CT molecular complexity index is 1260. The third-order valence-electron chi connectivity index (χ3n) is 4.15. The number of benzene rings is 3. The lowest BCUT2D eigenvalue weighted by Gasteiger charge is -2.14. The number of nitrogens with zero attached hydrogens (tertiary/aromatic N) is 1. The molecule has 0 aliphatic carbocycles. The summed E-state index contributed by atoms with van der Waals surface area (Å²) in [5, 5.41) is 13.4. The maximum Gasteiger partial charge on any atom is 0.270 e. The van der Waals surface area contributed by atoms with Gasteiger partial charge in [-0.2, -0.15) is 0 Å². The molecule has 0 aliphatic heterocycles. The highest BCUT2D eigenvalue weighted by Gasteiger charge is 2.21. The number of anilines is 2. The zero-order valence-corrected chi connectivity index (χ0v) is 17.6. The lowest BCUT2D eigenvalue weighted by atomic mass is 10.2. The second-order valence-electron chi connectivity index (χ2n) is 6.21. The van der Waals surface area contributed by atoms with E-state index in [0.29, 0.717) is 5.75 Å². The number of hydrogen-bond acceptors (Lipinski definition) is 6. The number of amides is 1. The third-order valence-corrected chi connectivity index (χ3v) is 6.00. The normalized spacial score (nSPS) is 10.9. The summed E-state index contributed by atoms with van der Waals surface area (Å²) in [6.07, 6.45) is 0. The molecule has 0 unspecified atom stereocenters. The van der Waals surface area contributed by atoms with Gasteiger partial charge in [-0.15, -0.1) is 0 Å². The van der Waals surface area contributed by atoms with Crippen LogP contribution >= 0.6 is 11.6 Å². The van der Waals surface area contributed by atoms with Gasteiger partial charge in [0, 0.05) is 23.4 Å². The van der Waals surface area contributed by atoms with Crippen LogP contribution in [0.15, 0.2) is 71.6 Å². The van der Waals surface area contributed by atoms with Crippen molar-refractivity contribution in [1.82, 2.24) is 0 Å². The fourth-order valence-electron chi connectivity index (χ4n) is 2.68. The van der Waals surface area contributed by atoms with Gasteiger partial charge in [0.2, 0.25) is 0 Å². The molecule has 0 spiro atoms. The van der Waals surface area contributed by atoms with Gasteiger partial charge in [-0.25, -0.2) is 8.42 Å². The third kappa shape index (κ3) is 5.11. The maximum atomic E-state index is 12.9. The molecule has 160 valence electrons. The molecule has 9 nitrogen and oxygen atoms in total. The van der Waals surface area contributed by atoms with Crippen molar-refractivity contribution < 1.29 is 22.9 Å². The van der Waals surface area contributed by atoms with Crippen LogP contribution in [0, 0.1) is 10.1 Å². The molecule has 0 saturated heterocycles. The molecule has 3 aromatic rings. The van der Waals surface area contributed by atoms with Gasteiger partial charge in [-0.05, 0) is 36.4 Å². The molecule has 2 N–H and O–H groups in total. The number of para-hydroxylation sites is 2. The molecule has 1 amide bonds. The van der Waals surface area contributed by atoms with E-state index in [-0.39, 0.29) is 32.5 Å². The predicted octanol–water partition coefficient (Wildman–Crippen LogP) is 4.31. The number of carbonyl (C=O) groups is 1. The van der Waals surface area contributed by atoms with E-state index in [9.17, 15) is 23.3 Å². The molecule has 0 heterocycles. The minimum absolute atomic E-state index is 0.0423. The molecule has 0 radical (unpaired) electrons. The Balaban J connectivity index is 1.88. The summed E-state index contributed by atoms with van der Waals surface area (Å²) in [5.41, 5.74) is 0.155. The molecule has 0 atom stereocenters. The number of nitro benzene ring substituents is 1. The van der Waals surface area contributed by atoms with Gasteiger partial charge in [0.05, 0.1) is 22.7 Å². The van der Waals surface area contributed by atoms with E-state index in [1.807, 2.05) is 0 Å². The Morgan fingerprint density at radius 3 is 2.52 bits per heavy atom. The highest BCUT2D eigenvalue weighted by Crippen LogP contribution is 2.30. The van der Waals surface area contributed by atoms with Crippen LogP contribution in [0.3, 0.4) is 0 Å². The predicted molar refractivity (Wildman–Crippen MR) is 116 cm³/mol. The highest BCUT2D eigenvalue weighted by molar-refractivity contribution is 7.92. The van der Waals surface area contributed by atoms with Crippen LogP contribution in [0.5, 0.6) is 5.75 Å². The van der Waals surface area contributed by atoms with Crippen molar-refractivity contribution in [2.24, 2.45) is 0 Å². The van der Waals surface area contributed by atoms with Crippen molar-refractivity contribution in [3.8, 4) is 5.75 Å². The summed E-state index contributed by atoms with van der Waals surface area (Å²) in [5.74, 6) is -0.329. The first kappa shape index (κ1) is 22.1. The zero-order chi connectivity index (χ0) is 22.6. The average molecular weight is 462 g/mol. The number of rotatable bonds is 7. The first-order chi connectivity index (χ1) is 14.7. The molecule has 0 fully saturated rings. The largest absolute Gasteiger partial charge is 0.495 e. The van der Waals surface area contributed by atoms with E-state index in [0.717, 1.165) is 6.07 Å². The number of hydrogen-bond donors (Lipinski definition) is 2. The van der Waals surface area contributed by atoms with Crippen LogP contribution in [0.4, 0.5) is 17.1 Å². The number of nitro groups is 1. The van der Waals surface area contributed by atoms with Gasteiger partial charge in [0.25, 0.3) is 21.6 Å². The Hall–Kier alpha value is -3.63. The van der Waals surface area contributed by atoms with Crippen LogP contribution in [-0.4, -0.2) is 26.4 Å². The molecule has 3 aromatic carbocycles. The molecule has 3 rings (SSSR count). The van der Waals surface area contributed by atoms with Crippen molar-refractivity contribution in [3.63, 3.8) is 0 Å². The van der Waals surface area contributed by atoms with Gasteiger partial charge in [-0.1, -0.05) is 29.8 Å². The minimum Gasteiger partial charge on any atom is -0.495 e. The Kier molecular flexibility index (Phi) is 6.42. The maximum absolute atomic E-state index is 12.9. The van der Waals surface area contributed by atoms with Gasteiger partial charge in [0.1, 0.15) is 10.6 Å². The van der Waals surface area contributed by atoms with E-state index < -0.39 is 20.9 Å². The van der Waals surface area contributed by atoms with Crippen LogP contribution in [0.1, 0.15) is 10.4 Å². The molecule has 0 saturated carbocycles. The lowest BCUT2D eigenvalue weighted by molar-refractivity contribution is -0.384. The molecule has 0 aromatic heterocycles. The summed E-state index contributed by atoms with van der Waals surface area (Å²) in [4.78, 5) is 22.5. The number of methoxy groups -OCH3 is 1. The highest BCUT2D eigenvalue weighted by atomic mass is 35.5. The number of carbonyl (C=O) groups excluding carboxylic acids is 1. The average Bonchev–Trinajstić information content (AvgIpc) is 2.75. The fourth-order valence-corrected chi connectivity index (χ4v) is 4.28. The summed E-state index contributed by atoms with van der Waals surface area (Å²) in [6, 6.07) is 15.5. The van der Waals surface area contributed by atoms with Crippen molar-refractivity contribution in [3.05, 3.63) is 87.4 Å². The number of ether oxygens (including phenoxy) is 1. The summed E-state index contributed by atoms with van der Waals surface area (Å²) >= 11 is 6.09. The zero-order valence-electron chi connectivity index (χ0n) is 16.0. The van der Waals surface area contributed by atoms with Crippen LogP contribution < -0.4 is 14.8 Å². The van der Waals surface area contributed by atoms with Gasteiger partial charge >= 0.3 is 0 Å². The summed E-state index contributed by atoms with van der Waals surface area (Å²) in [6.45, 7) is 0. The van der Waals surface area contributed by atoms with Crippen LogP contribution in [0.25, 0.3) is 0 Å². The standard InChI is InChI=1S/C20H16ClN3O6S/c1-30-18-8-3-2-7-17(18)23-31(28,29)19-12-14(9-10-16(19)21)22-20(25)13-5-4-6-15(11-13)24(26)27/h2-12,23H,1H3,(H,22,25). The Morgan fingerprint density at radius 1 is 1.06 bits per heavy atom. The topological polar surface area (TPSA) is 128 Å². The second kappa shape index (κ2) is 9.02. The van der Waals surface area contributed by atoms with E-state index in [2.05, 4.69) is 10.0 Å². The van der Waals surface area contributed by atoms with Crippen LogP contribution in [0.2, 0.25) is 5.02 Å².